The van der Waals surface area contributed by atoms with Crippen LogP contribution < -0.4 is 0 Å². The molecule has 0 spiro atoms. The summed E-state index contributed by atoms with van der Waals surface area (Å²) in [7, 11) is 3.65. The Morgan fingerprint density at radius 3 is 1.38 bits per heavy atom. The summed E-state index contributed by atoms with van der Waals surface area (Å²) in [4.78, 5) is 24.4. The minimum absolute atomic E-state index is 0.0605. The zero-order valence-electron chi connectivity index (χ0n) is 16.3. The van der Waals surface area contributed by atoms with Crippen LogP contribution in [0.25, 0.3) is 32.9 Å². The van der Waals surface area contributed by atoms with Crippen molar-refractivity contribution in [2.24, 2.45) is 0 Å². The predicted molar refractivity (Wildman–Crippen MR) is 118 cm³/mol. The molecule has 0 radical (unpaired) electrons. The van der Waals surface area contributed by atoms with Crippen molar-refractivity contribution in [3.63, 3.8) is 0 Å². The highest BCUT2D eigenvalue weighted by molar-refractivity contribution is 6.03. The molecule has 140 valence electrons. The largest absolute Gasteiger partial charge is 0.244 e. The molecular formula is C26H20NO2+. The molecule has 29 heavy (non-hydrogen) atoms. The van der Waals surface area contributed by atoms with Crippen molar-refractivity contribution in [2.45, 2.75) is 0 Å². The van der Waals surface area contributed by atoms with E-state index in [0.29, 0.717) is 11.4 Å². The van der Waals surface area contributed by atoms with Crippen molar-refractivity contribution < 1.29 is 14.1 Å². The molecule has 0 saturated heterocycles. The van der Waals surface area contributed by atoms with Gasteiger partial charge < -0.3 is 0 Å². The Kier molecular flexibility index (Phi) is 4.72. The monoisotopic (exact) mass is 378 g/mol. The van der Waals surface area contributed by atoms with Crippen molar-refractivity contribution in [1.29, 1.82) is 0 Å². The van der Waals surface area contributed by atoms with Gasteiger partial charge >= 0.3 is 0 Å². The van der Waals surface area contributed by atoms with E-state index in [9.17, 15) is 9.59 Å². The average Bonchev–Trinajstić information content (AvgIpc) is 2.75. The van der Waals surface area contributed by atoms with Gasteiger partial charge in [0.05, 0.1) is 25.2 Å². The van der Waals surface area contributed by atoms with E-state index in [1.807, 2.05) is 99.0 Å². The van der Waals surface area contributed by atoms with Crippen LogP contribution in [-0.4, -0.2) is 30.5 Å². The highest BCUT2D eigenvalue weighted by Gasteiger charge is 2.34. The molecule has 4 aromatic carbocycles. The van der Waals surface area contributed by atoms with Gasteiger partial charge in [0.1, 0.15) is 0 Å². The summed E-state index contributed by atoms with van der Waals surface area (Å²) in [5, 5.41) is 3.95. The highest BCUT2D eigenvalue weighted by atomic mass is 16.1. The van der Waals surface area contributed by atoms with Gasteiger partial charge in [-0.15, -0.1) is 0 Å². The summed E-state index contributed by atoms with van der Waals surface area (Å²) in [6.07, 6.45) is 0. The van der Waals surface area contributed by atoms with Gasteiger partial charge in [0.25, 0.3) is 0 Å². The standard InChI is InChI=1S/C26H20NO2/c1-27(2,25(17-28)23-15-7-11-19-9-3-5-13-21(19)23)26(18-29)24-16-8-12-20-10-4-6-14-22(20)24/h3-16H,1-2H3/q+1. The normalized spacial score (nSPS) is 11.1. The summed E-state index contributed by atoms with van der Waals surface area (Å²) in [6, 6.07) is 27.4. The molecule has 0 aliphatic carbocycles. The average molecular weight is 378 g/mol. The van der Waals surface area contributed by atoms with Gasteiger partial charge in [-0.3, -0.25) is 0 Å². The van der Waals surface area contributed by atoms with Gasteiger partial charge in [0.15, 0.2) is 11.9 Å². The molecule has 0 aromatic heterocycles. The lowest BCUT2D eigenvalue weighted by Crippen LogP contribution is -2.36. The van der Waals surface area contributed by atoms with Crippen molar-refractivity contribution in [1.82, 2.24) is 0 Å². The van der Waals surface area contributed by atoms with Crippen LogP contribution in [0.2, 0.25) is 0 Å². The molecule has 0 saturated carbocycles. The molecule has 0 bridgehead atoms. The minimum Gasteiger partial charge on any atom is -0.244 e. The Labute approximate surface area is 169 Å². The van der Waals surface area contributed by atoms with Crippen LogP contribution in [0.15, 0.2) is 84.9 Å². The summed E-state index contributed by atoms with van der Waals surface area (Å²) < 4.78 is -0.0605. The van der Waals surface area contributed by atoms with Crippen molar-refractivity contribution >= 4 is 44.8 Å². The third kappa shape index (κ3) is 3.10. The maximum absolute atomic E-state index is 12.2. The lowest BCUT2D eigenvalue weighted by Gasteiger charge is -2.30. The fourth-order valence-electron chi connectivity index (χ4n) is 3.92. The van der Waals surface area contributed by atoms with Crippen molar-refractivity contribution in [3.05, 3.63) is 96.1 Å². The molecule has 0 aliphatic heterocycles. The molecule has 3 heteroatoms. The quantitative estimate of drug-likeness (QED) is 0.365. The Morgan fingerprint density at radius 1 is 0.586 bits per heavy atom. The third-order valence-electron chi connectivity index (χ3n) is 5.40. The van der Waals surface area contributed by atoms with Gasteiger partial charge in [-0.05, 0) is 33.7 Å². The Morgan fingerprint density at radius 2 is 0.966 bits per heavy atom. The number of benzene rings is 4. The van der Waals surface area contributed by atoms with Crippen molar-refractivity contribution in [3.8, 4) is 0 Å². The number of hydrogen-bond acceptors (Lipinski definition) is 2. The maximum Gasteiger partial charge on any atom is 0.230 e. The minimum atomic E-state index is -0.0605. The van der Waals surface area contributed by atoms with E-state index >= 15 is 0 Å². The molecule has 0 N–H and O–H groups in total. The molecule has 0 aliphatic rings. The predicted octanol–water partition coefficient (Wildman–Crippen LogP) is 5.11. The topological polar surface area (TPSA) is 34.1 Å². The molecule has 0 unspecified atom stereocenters. The summed E-state index contributed by atoms with van der Waals surface area (Å²) in [6.45, 7) is 0. The van der Waals surface area contributed by atoms with E-state index in [-0.39, 0.29) is 4.48 Å². The first-order chi connectivity index (χ1) is 14.1. The lowest BCUT2D eigenvalue weighted by atomic mass is 9.98. The second-order valence-electron chi connectivity index (χ2n) is 7.41. The van der Waals surface area contributed by atoms with Crippen LogP contribution in [0.4, 0.5) is 0 Å². The Balaban J connectivity index is 1.94. The molecule has 4 aromatic rings. The zero-order valence-corrected chi connectivity index (χ0v) is 16.3. The van der Waals surface area contributed by atoms with Crippen LogP contribution >= 0.6 is 0 Å². The number of quaternary nitrogens is 1. The zero-order chi connectivity index (χ0) is 20.4. The maximum atomic E-state index is 12.2. The van der Waals surface area contributed by atoms with Crippen LogP contribution in [0.1, 0.15) is 11.1 Å². The molecular weight excluding hydrogens is 358 g/mol. The molecule has 0 fully saturated rings. The third-order valence-corrected chi connectivity index (χ3v) is 5.40. The SMILES string of the molecule is C[N+](C)(C(=C=O)c1cccc2ccccc12)C(=C=O)c1cccc2ccccc12. The van der Waals surface area contributed by atoms with Crippen LogP contribution in [0, 0.1) is 0 Å². The number of hydrogen-bond donors (Lipinski definition) is 0. The van der Waals surface area contributed by atoms with E-state index in [0.717, 1.165) is 32.7 Å². The first-order valence-corrected chi connectivity index (χ1v) is 9.39. The number of rotatable bonds is 4. The Hall–Kier alpha value is -3.74. The van der Waals surface area contributed by atoms with Gasteiger partial charge in [0.2, 0.25) is 11.4 Å². The van der Waals surface area contributed by atoms with Crippen LogP contribution in [0.3, 0.4) is 0 Å². The lowest BCUT2D eigenvalue weighted by molar-refractivity contribution is -0.738. The number of fused-ring (bicyclic) bond motifs is 2. The van der Waals surface area contributed by atoms with E-state index in [1.165, 1.54) is 0 Å². The van der Waals surface area contributed by atoms with Gasteiger partial charge in [-0.2, -0.15) is 0 Å². The van der Waals surface area contributed by atoms with Gasteiger partial charge in [0, 0.05) is 0 Å². The van der Waals surface area contributed by atoms with E-state index in [2.05, 4.69) is 11.9 Å². The van der Waals surface area contributed by atoms with E-state index < -0.39 is 0 Å². The van der Waals surface area contributed by atoms with Crippen molar-refractivity contribution in [2.75, 3.05) is 14.1 Å². The fourth-order valence-corrected chi connectivity index (χ4v) is 3.92. The second-order valence-corrected chi connectivity index (χ2v) is 7.41. The number of nitrogens with zero attached hydrogens (tertiary/aromatic N) is 1. The second kappa shape index (κ2) is 7.35. The fraction of sp³-hybridized carbons (Fsp3) is 0.0769. The van der Waals surface area contributed by atoms with E-state index in [1.54, 1.807) is 0 Å². The summed E-state index contributed by atoms with van der Waals surface area (Å²) in [5.74, 6) is 4.25. The summed E-state index contributed by atoms with van der Waals surface area (Å²) >= 11 is 0. The first kappa shape index (κ1) is 18.6. The molecule has 4 rings (SSSR count). The molecule has 0 amide bonds. The first-order valence-electron chi connectivity index (χ1n) is 9.39. The van der Waals surface area contributed by atoms with E-state index in [4.69, 9.17) is 0 Å². The smallest absolute Gasteiger partial charge is 0.230 e. The van der Waals surface area contributed by atoms with Gasteiger partial charge in [-0.25, -0.2) is 14.1 Å². The summed E-state index contributed by atoms with van der Waals surface area (Å²) in [5.41, 5.74) is 2.29. The molecule has 0 atom stereocenters. The van der Waals surface area contributed by atoms with Gasteiger partial charge in [-0.1, -0.05) is 72.8 Å². The highest BCUT2D eigenvalue weighted by Crippen LogP contribution is 2.36. The van der Waals surface area contributed by atoms with Crippen LogP contribution in [0.5, 0.6) is 0 Å². The Bertz CT molecular complexity index is 1220. The van der Waals surface area contributed by atoms with Crippen LogP contribution in [-0.2, 0) is 9.59 Å². The molecule has 0 heterocycles. The number of carbonyl (C=O) groups excluding carboxylic acids is 2. The molecule has 3 nitrogen and oxygen atoms in total.